The number of carbonyl (C=O) groups excluding carboxylic acids is 1. The molecule has 2 fully saturated rings. The third kappa shape index (κ3) is 4.59. The summed E-state index contributed by atoms with van der Waals surface area (Å²) in [6.07, 6.45) is 1.22. The second-order valence-electron chi connectivity index (χ2n) is 8.54. The molecule has 2 aliphatic rings. The van der Waals surface area contributed by atoms with Gasteiger partial charge in [-0.05, 0) is 54.4 Å². The van der Waals surface area contributed by atoms with Crippen LogP contribution in [0.25, 0.3) is 0 Å². The highest BCUT2D eigenvalue weighted by Gasteiger charge is 2.35. The predicted molar refractivity (Wildman–Crippen MR) is 87.0 cm³/mol. The van der Waals surface area contributed by atoms with Crippen molar-refractivity contribution in [3.63, 3.8) is 0 Å². The van der Waals surface area contributed by atoms with E-state index in [1.165, 1.54) is 0 Å². The van der Waals surface area contributed by atoms with Gasteiger partial charge in [0, 0.05) is 37.3 Å². The van der Waals surface area contributed by atoms with Gasteiger partial charge in [0.1, 0.15) is 12.2 Å². The Kier molecular flexibility index (Phi) is 5.07. The number of ether oxygens (including phenoxy) is 2. The average molecular weight is 312 g/mol. The molecule has 0 radical (unpaired) electrons. The van der Waals surface area contributed by atoms with E-state index < -0.39 is 6.16 Å². The quantitative estimate of drug-likeness (QED) is 0.733. The molecular formula is C17H32N2O3. The first-order valence-corrected chi connectivity index (χ1v) is 8.43. The van der Waals surface area contributed by atoms with Gasteiger partial charge < -0.3 is 9.47 Å². The van der Waals surface area contributed by atoms with Crippen molar-refractivity contribution in [1.29, 1.82) is 0 Å². The fourth-order valence-electron chi connectivity index (χ4n) is 3.17. The van der Waals surface area contributed by atoms with Crippen LogP contribution in [0.2, 0.25) is 0 Å². The Bertz CT molecular complexity index is 362. The summed E-state index contributed by atoms with van der Waals surface area (Å²) >= 11 is 0. The molecule has 0 aromatic carbocycles. The smallest absolute Gasteiger partial charge is 0.430 e. The molecule has 5 nitrogen and oxygen atoms in total. The molecule has 128 valence electrons. The van der Waals surface area contributed by atoms with E-state index in [0.717, 1.165) is 39.0 Å². The van der Waals surface area contributed by atoms with Gasteiger partial charge in [0.2, 0.25) is 0 Å². The summed E-state index contributed by atoms with van der Waals surface area (Å²) in [6.45, 7) is 16.7. The molecule has 0 bridgehead atoms. The summed E-state index contributed by atoms with van der Waals surface area (Å²) in [5, 5.41) is 0. The third-order valence-electron chi connectivity index (χ3n) is 4.71. The Hall–Kier alpha value is -0.810. The van der Waals surface area contributed by atoms with Gasteiger partial charge in [-0.15, -0.1) is 0 Å². The fraction of sp³-hybridized carbons (Fsp3) is 0.941. The highest BCUT2D eigenvalue weighted by atomic mass is 16.7. The third-order valence-corrected chi connectivity index (χ3v) is 4.71. The van der Waals surface area contributed by atoms with E-state index >= 15 is 0 Å². The molecule has 0 aromatic rings. The molecule has 2 atom stereocenters. The average Bonchev–Trinajstić information content (AvgIpc) is 2.96. The van der Waals surface area contributed by atoms with E-state index in [-0.39, 0.29) is 23.3 Å². The Labute approximate surface area is 134 Å². The standard InChI is InChI=1S/C17H32N2O3/c1-16(2,3)18-9-7-13(11-18)21-15(20)22-14-8-10-19(12-14)17(4,5)6/h13-14H,7-12H2,1-6H3/t13-,14-/m0/s1. The maximum absolute atomic E-state index is 12.0. The second-order valence-corrected chi connectivity index (χ2v) is 8.54. The van der Waals surface area contributed by atoms with Gasteiger partial charge in [-0.2, -0.15) is 0 Å². The molecule has 2 saturated heterocycles. The van der Waals surface area contributed by atoms with Crippen molar-refractivity contribution >= 4 is 6.16 Å². The van der Waals surface area contributed by atoms with Crippen LogP contribution in [0.15, 0.2) is 0 Å². The zero-order valence-electron chi connectivity index (χ0n) is 15.0. The summed E-state index contributed by atoms with van der Waals surface area (Å²) in [7, 11) is 0. The molecule has 0 spiro atoms. The highest BCUT2D eigenvalue weighted by molar-refractivity contribution is 5.60. The van der Waals surface area contributed by atoms with Crippen molar-refractivity contribution in [3.05, 3.63) is 0 Å². The van der Waals surface area contributed by atoms with Gasteiger partial charge in [0.05, 0.1) is 0 Å². The molecule has 0 N–H and O–H groups in total. The van der Waals surface area contributed by atoms with Gasteiger partial charge in [-0.3, -0.25) is 9.80 Å². The fourth-order valence-corrected chi connectivity index (χ4v) is 3.17. The Morgan fingerprint density at radius 1 is 0.818 bits per heavy atom. The van der Waals surface area contributed by atoms with Crippen molar-refractivity contribution in [2.24, 2.45) is 0 Å². The maximum Gasteiger partial charge on any atom is 0.508 e. The molecule has 0 amide bonds. The minimum absolute atomic E-state index is 0.0353. The van der Waals surface area contributed by atoms with Gasteiger partial charge in [0.15, 0.2) is 0 Å². The Morgan fingerprint density at radius 3 is 1.45 bits per heavy atom. The lowest BCUT2D eigenvalue weighted by atomic mass is 10.1. The molecule has 0 aromatic heterocycles. The van der Waals surface area contributed by atoms with Crippen LogP contribution >= 0.6 is 0 Å². The van der Waals surface area contributed by atoms with E-state index in [4.69, 9.17) is 9.47 Å². The Balaban J connectivity index is 1.74. The first kappa shape index (κ1) is 17.5. The zero-order valence-corrected chi connectivity index (χ0v) is 15.0. The molecule has 0 unspecified atom stereocenters. The van der Waals surface area contributed by atoms with Gasteiger partial charge in [0.25, 0.3) is 0 Å². The van der Waals surface area contributed by atoms with Crippen molar-refractivity contribution in [2.75, 3.05) is 26.2 Å². The first-order valence-electron chi connectivity index (χ1n) is 8.43. The van der Waals surface area contributed by atoms with Crippen LogP contribution in [0.4, 0.5) is 4.79 Å². The highest BCUT2D eigenvalue weighted by Crippen LogP contribution is 2.24. The van der Waals surface area contributed by atoms with E-state index in [2.05, 4.69) is 51.3 Å². The van der Waals surface area contributed by atoms with Crippen LogP contribution in [-0.2, 0) is 9.47 Å². The molecule has 2 rings (SSSR count). The van der Waals surface area contributed by atoms with Crippen LogP contribution in [-0.4, -0.2) is 65.4 Å². The van der Waals surface area contributed by atoms with Crippen LogP contribution < -0.4 is 0 Å². The molecular weight excluding hydrogens is 280 g/mol. The SMILES string of the molecule is CC(C)(C)N1CC[C@H](OC(=O)O[C@H]2CCN(C(C)(C)C)C2)C1. The molecule has 0 saturated carbocycles. The minimum Gasteiger partial charge on any atom is -0.430 e. The van der Waals surface area contributed by atoms with E-state index in [0.29, 0.717) is 0 Å². The largest absolute Gasteiger partial charge is 0.508 e. The van der Waals surface area contributed by atoms with Crippen molar-refractivity contribution in [2.45, 2.75) is 77.7 Å². The van der Waals surface area contributed by atoms with Crippen molar-refractivity contribution in [1.82, 2.24) is 9.80 Å². The van der Waals surface area contributed by atoms with E-state index in [9.17, 15) is 4.79 Å². The van der Waals surface area contributed by atoms with Crippen molar-refractivity contribution in [3.8, 4) is 0 Å². The lowest BCUT2D eigenvalue weighted by molar-refractivity contribution is -0.00136. The number of hydrogen-bond donors (Lipinski definition) is 0. The van der Waals surface area contributed by atoms with E-state index in [1.807, 2.05) is 0 Å². The maximum atomic E-state index is 12.0. The predicted octanol–water partition coefficient (Wildman–Crippen LogP) is 2.89. The normalized spacial score (nSPS) is 28.1. The summed E-state index contributed by atoms with van der Waals surface area (Å²) in [6, 6.07) is 0. The van der Waals surface area contributed by atoms with Crippen LogP contribution in [0, 0.1) is 0 Å². The lowest BCUT2D eigenvalue weighted by Gasteiger charge is -2.31. The van der Waals surface area contributed by atoms with Gasteiger partial charge >= 0.3 is 6.16 Å². The molecule has 22 heavy (non-hydrogen) atoms. The number of nitrogens with zero attached hydrogens (tertiary/aromatic N) is 2. The number of carbonyl (C=O) groups is 1. The zero-order chi connectivity index (χ0) is 16.5. The van der Waals surface area contributed by atoms with Crippen LogP contribution in [0.1, 0.15) is 54.4 Å². The summed E-state index contributed by atoms with van der Waals surface area (Å²) in [5.74, 6) is 0. The summed E-state index contributed by atoms with van der Waals surface area (Å²) in [5.41, 5.74) is 0.251. The van der Waals surface area contributed by atoms with Gasteiger partial charge in [-0.25, -0.2) is 4.79 Å². The summed E-state index contributed by atoms with van der Waals surface area (Å²) in [4.78, 5) is 16.7. The summed E-state index contributed by atoms with van der Waals surface area (Å²) < 4.78 is 11.0. The first-order chi connectivity index (χ1) is 10.1. The van der Waals surface area contributed by atoms with Crippen molar-refractivity contribution < 1.29 is 14.3 Å². The van der Waals surface area contributed by atoms with Crippen LogP contribution in [0.5, 0.6) is 0 Å². The Morgan fingerprint density at radius 2 is 1.18 bits per heavy atom. The molecule has 0 aliphatic carbocycles. The van der Waals surface area contributed by atoms with Gasteiger partial charge in [-0.1, -0.05) is 0 Å². The van der Waals surface area contributed by atoms with E-state index in [1.54, 1.807) is 0 Å². The number of rotatable bonds is 2. The number of hydrogen-bond acceptors (Lipinski definition) is 5. The molecule has 2 heterocycles. The van der Waals surface area contributed by atoms with Crippen LogP contribution in [0.3, 0.4) is 0 Å². The number of likely N-dealkylation sites (tertiary alicyclic amines) is 2. The topological polar surface area (TPSA) is 42.0 Å². The molecule has 5 heteroatoms. The molecule has 2 aliphatic heterocycles. The monoisotopic (exact) mass is 312 g/mol. The second kappa shape index (κ2) is 6.36. The lowest BCUT2D eigenvalue weighted by Crippen LogP contribution is -2.41. The minimum atomic E-state index is -0.499.